The Kier molecular flexibility index (Phi) is 4.81. The highest BCUT2D eigenvalue weighted by Crippen LogP contribution is 2.24. The number of anilines is 1. The molecule has 0 fully saturated rings. The van der Waals surface area contributed by atoms with E-state index in [1.54, 1.807) is 0 Å². The third kappa shape index (κ3) is 3.93. The number of hydrogen-bond acceptors (Lipinski definition) is 6. The third-order valence-electron chi connectivity index (χ3n) is 2.81. The zero-order chi connectivity index (χ0) is 15.5. The van der Waals surface area contributed by atoms with Crippen LogP contribution in [0.5, 0.6) is 5.75 Å². The Morgan fingerprint density at radius 3 is 2.81 bits per heavy atom. The number of aryl methyl sites for hydroxylation is 1. The van der Waals surface area contributed by atoms with Crippen molar-refractivity contribution in [3.8, 4) is 5.75 Å². The summed E-state index contributed by atoms with van der Waals surface area (Å²) in [5.74, 6) is 0.341. The maximum Gasteiger partial charge on any atom is 0.240 e. The van der Waals surface area contributed by atoms with E-state index in [-0.39, 0.29) is 4.90 Å². The predicted molar refractivity (Wildman–Crippen MR) is 83.1 cm³/mol. The zero-order valence-corrected chi connectivity index (χ0v) is 13.4. The van der Waals surface area contributed by atoms with Crippen molar-refractivity contribution in [2.24, 2.45) is 0 Å². The van der Waals surface area contributed by atoms with Crippen LogP contribution >= 0.6 is 11.3 Å². The minimum Gasteiger partial charge on any atom is -0.495 e. The van der Waals surface area contributed by atoms with Crippen LogP contribution < -0.4 is 15.2 Å². The van der Waals surface area contributed by atoms with Gasteiger partial charge in [-0.25, -0.2) is 18.1 Å². The lowest BCUT2D eigenvalue weighted by atomic mass is 10.3. The third-order valence-corrected chi connectivity index (χ3v) is 5.30. The number of sulfonamides is 1. The number of aromatic nitrogens is 1. The topological polar surface area (TPSA) is 94.3 Å². The van der Waals surface area contributed by atoms with Gasteiger partial charge in [-0.05, 0) is 19.1 Å². The molecular weight excluding hydrogens is 310 g/mol. The molecule has 0 bridgehead atoms. The molecular formula is C13H17N3O3S2. The Bertz CT molecular complexity index is 726. The average molecular weight is 327 g/mol. The van der Waals surface area contributed by atoms with E-state index in [9.17, 15) is 8.42 Å². The molecule has 0 aliphatic rings. The van der Waals surface area contributed by atoms with Gasteiger partial charge in [0.15, 0.2) is 0 Å². The molecule has 0 aliphatic carbocycles. The molecule has 6 nitrogen and oxygen atoms in total. The van der Waals surface area contributed by atoms with E-state index in [2.05, 4.69) is 9.71 Å². The van der Waals surface area contributed by atoms with Gasteiger partial charge in [0, 0.05) is 30.1 Å². The van der Waals surface area contributed by atoms with Crippen molar-refractivity contribution < 1.29 is 13.2 Å². The maximum absolute atomic E-state index is 12.2. The van der Waals surface area contributed by atoms with Gasteiger partial charge in [0.05, 0.1) is 22.7 Å². The molecule has 0 saturated carbocycles. The van der Waals surface area contributed by atoms with Crippen molar-refractivity contribution in [2.75, 3.05) is 19.4 Å². The lowest BCUT2D eigenvalue weighted by Gasteiger charge is -2.09. The van der Waals surface area contributed by atoms with Crippen LogP contribution in [0.15, 0.2) is 28.5 Å². The Balaban J connectivity index is 2.04. The predicted octanol–water partition coefficient (Wildman–Crippen LogP) is 1.56. The van der Waals surface area contributed by atoms with Gasteiger partial charge in [-0.1, -0.05) is 0 Å². The molecule has 1 aromatic heterocycles. The van der Waals surface area contributed by atoms with Crippen LogP contribution in [-0.2, 0) is 16.4 Å². The van der Waals surface area contributed by atoms with Gasteiger partial charge in [0.2, 0.25) is 10.0 Å². The molecule has 3 N–H and O–H groups in total. The Hall–Kier alpha value is -1.64. The minimum absolute atomic E-state index is 0.129. The summed E-state index contributed by atoms with van der Waals surface area (Å²) >= 11 is 1.52. The van der Waals surface area contributed by atoms with Gasteiger partial charge < -0.3 is 10.5 Å². The molecule has 0 radical (unpaired) electrons. The Morgan fingerprint density at radius 2 is 2.19 bits per heavy atom. The van der Waals surface area contributed by atoms with E-state index in [4.69, 9.17) is 10.5 Å². The van der Waals surface area contributed by atoms with Crippen molar-refractivity contribution in [1.82, 2.24) is 9.71 Å². The summed E-state index contributed by atoms with van der Waals surface area (Å²) in [6, 6.07) is 4.37. The molecule has 1 heterocycles. The molecule has 0 saturated heterocycles. The Morgan fingerprint density at radius 1 is 1.43 bits per heavy atom. The molecule has 0 spiro atoms. The SMILES string of the molecule is COc1cc(S(=O)(=O)NCCc2nc(C)cs2)ccc1N. The summed E-state index contributed by atoms with van der Waals surface area (Å²) in [6.07, 6.45) is 0.559. The Labute approximate surface area is 128 Å². The second kappa shape index (κ2) is 6.42. The van der Waals surface area contributed by atoms with E-state index in [1.165, 1.54) is 36.6 Å². The van der Waals surface area contributed by atoms with Crippen LogP contribution in [-0.4, -0.2) is 27.1 Å². The molecule has 0 aliphatic heterocycles. The fourth-order valence-electron chi connectivity index (χ4n) is 1.75. The number of nitrogens with two attached hydrogens (primary N) is 1. The highest BCUT2D eigenvalue weighted by atomic mass is 32.2. The summed E-state index contributed by atoms with van der Waals surface area (Å²) in [4.78, 5) is 4.42. The number of nitrogens with zero attached hydrogens (tertiary/aromatic N) is 1. The summed E-state index contributed by atoms with van der Waals surface area (Å²) in [5.41, 5.74) is 7.02. The zero-order valence-electron chi connectivity index (χ0n) is 11.8. The van der Waals surface area contributed by atoms with E-state index in [0.29, 0.717) is 24.4 Å². The van der Waals surface area contributed by atoms with Crippen molar-refractivity contribution in [3.05, 3.63) is 34.3 Å². The van der Waals surface area contributed by atoms with Gasteiger partial charge in [-0.3, -0.25) is 0 Å². The number of hydrogen-bond donors (Lipinski definition) is 2. The van der Waals surface area contributed by atoms with Crippen LogP contribution in [0.4, 0.5) is 5.69 Å². The first-order valence-corrected chi connectivity index (χ1v) is 8.63. The number of nitrogen functional groups attached to an aromatic ring is 1. The molecule has 1 aromatic carbocycles. The minimum atomic E-state index is -3.58. The van der Waals surface area contributed by atoms with Crippen LogP contribution in [0.2, 0.25) is 0 Å². The molecule has 8 heteroatoms. The van der Waals surface area contributed by atoms with Crippen LogP contribution in [0.1, 0.15) is 10.7 Å². The van der Waals surface area contributed by atoms with E-state index >= 15 is 0 Å². The molecule has 0 atom stereocenters. The lowest BCUT2D eigenvalue weighted by molar-refractivity contribution is 0.415. The normalized spacial score (nSPS) is 11.5. The number of methoxy groups -OCH3 is 1. The van der Waals surface area contributed by atoms with Gasteiger partial charge in [-0.15, -0.1) is 11.3 Å². The average Bonchev–Trinajstić information content (AvgIpc) is 2.84. The van der Waals surface area contributed by atoms with Gasteiger partial charge in [-0.2, -0.15) is 0 Å². The van der Waals surface area contributed by atoms with Crippen molar-refractivity contribution in [2.45, 2.75) is 18.2 Å². The molecule has 114 valence electrons. The van der Waals surface area contributed by atoms with Gasteiger partial charge in [0.1, 0.15) is 5.75 Å². The summed E-state index contributed by atoms with van der Waals surface area (Å²) < 4.78 is 31.9. The van der Waals surface area contributed by atoms with Crippen molar-refractivity contribution in [1.29, 1.82) is 0 Å². The largest absolute Gasteiger partial charge is 0.495 e. The molecule has 21 heavy (non-hydrogen) atoms. The first kappa shape index (κ1) is 15.7. The smallest absolute Gasteiger partial charge is 0.240 e. The summed E-state index contributed by atoms with van der Waals surface area (Å²) in [6.45, 7) is 2.20. The first-order chi connectivity index (χ1) is 9.92. The second-order valence-electron chi connectivity index (χ2n) is 4.43. The maximum atomic E-state index is 12.2. The standard InChI is InChI=1S/C13H17N3O3S2/c1-9-8-20-13(16-9)5-6-15-21(17,18)10-3-4-11(14)12(7-10)19-2/h3-4,7-8,15H,5-6,14H2,1-2H3. The van der Waals surface area contributed by atoms with E-state index in [0.717, 1.165) is 10.7 Å². The fourth-order valence-corrected chi connectivity index (χ4v) is 3.57. The van der Waals surface area contributed by atoms with Crippen LogP contribution in [0, 0.1) is 6.92 Å². The number of rotatable bonds is 6. The van der Waals surface area contributed by atoms with Crippen molar-refractivity contribution >= 4 is 27.0 Å². The van der Waals surface area contributed by atoms with Crippen LogP contribution in [0.25, 0.3) is 0 Å². The van der Waals surface area contributed by atoms with Gasteiger partial charge >= 0.3 is 0 Å². The lowest BCUT2D eigenvalue weighted by Crippen LogP contribution is -2.26. The summed E-state index contributed by atoms with van der Waals surface area (Å²) in [5, 5.41) is 2.85. The quantitative estimate of drug-likeness (QED) is 0.785. The monoisotopic (exact) mass is 327 g/mol. The summed E-state index contributed by atoms with van der Waals surface area (Å²) in [7, 11) is -2.14. The van der Waals surface area contributed by atoms with Gasteiger partial charge in [0.25, 0.3) is 0 Å². The molecule has 0 unspecified atom stereocenters. The first-order valence-electron chi connectivity index (χ1n) is 6.26. The molecule has 0 amide bonds. The number of ether oxygens (including phenoxy) is 1. The van der Waals surface area contributed by atoms with Crippen LogP contribution in [0.3, 0.4) is 0 Å². The molecule has 2 aromatic rings. The number of thiazole rings is 1. The van der Waals surface area contributed by atoms with E-state index < -0.39 is 10.0 Å². The number of benzene rings is 1. The van der Waals surface area contributed by atoms with E-state index in [1.807, 2.05) is 12.3 Å². The second-order valence-corrected chi connectivity index (χ2v) is 7.14. The number of nitrogens with one attached hydrogen (secondary N) is 1. The molecule has 2 rings (SSSR count). The van der Waals surface area contributed by atoms with Crippen molar-refractivity contribution in [3.63, 3.8) is 0 Å². The highest BCUT2D eigenvalue weighted by molar-refractivity contribution is 7.89. The highest BCUT2D eigenvalue weighted by Gasteiger charge is 2.15. The fraction of sp³-hybridized carbons (Fsp3) is 0.308.